The topological polar surface area (TPSA) is 126 Å². The predicted octanol–water partition coefficient (Wildman–Crippen LogP) is 3.46. The van der Waals surface area contributed by atoms with Gasteiger partial charge in [0.15, 0.2) is 0 Å². The smallest absolute Gasteiger partial charge is 0.255 e. The standard InChI is InChI=1S/C35H42N4O6/c1-24(2)26-13-7-9-15-30(26)44-21-19-36-34(42)28-17-18-32(40)37-29(23-25-11-5-4-6-12-25)35(43)39(3)20-22-45-31-16-10-8-14-27(31)33(41)38-28/h4-16,24,28-29H,17-23H2,1-3H3,(H,36,42)(H,37,40)(H,38,41)/t28-,29-/m0/s1. The van der Waals surface area contributed by atoms with Gasteiger partial charge in [0.1, 0.15) is 36.8 Å². The number of rotatable bonds is 8. The summed E-state index contributed by atoms with van der Waals surface area (Å²) < 4.78 is 11.8. The van der Waals surface area contributed by atoms with Crippen LogP contribution >= 0.6 is 0 Å². The fourth-order valence-corrected chi connectivity index (χ4v) is 5.09. The largest absolute Gasteiger partial charge is 0.491 e. The number of benzene rings is 3. The molecule has 1 aliphatic rings. The quantitative estimate of drug-likeness (QED) is 0.334. The molecule has 3 N–H and O–H groups in total. The Balaban J connectivity index is 1.49. The molecule has 10 heteroatoms. The molecule has 2 atom stereocenters. The zero-order chi connectivity index (χ0) is 32.2. The van der Waals surface area contributed by atoms with Crippen molar-refractivity contribution in [3.05, 3.63) is 95.6 Å². The highest BCUT2D eigenvalue weighted by Gasteiger charge is 2.28. The third-order valence-corrected chi connectivity index (χ3v) is 7.59. The zero-order valence-electron chi connectivity index (χ0n) is 26.1. The number of nitrogens with zero attached hydrogens (tertiary/aromatic N) is 1. The van der Waals surface area contributed by atoms with Crippen molar-refractivity contribution in [2.45, 2.75) is 51.1 Å². The van der Waals surface area contributed by atoms with Gasteiger partial charge in [0.2, 0.25) is 17.7 Å². The Morgan fingerprint density at radius 1 is 0.978 bits per heavy atom. The SMILES string of the molecule is CC(C)c1ccccc1OCCNC(=O)[C@@H]1CCC(=O)N[C@@H](Cc2ccccc2)C(=O)N(C)CCOc2ccccc2C(=O)N1. The molecule has 0 aliphatic carbocycles. The Bertz CT molecular complexity index is 1460. The van der Waals surface area contributed by atoms with Crippen molar-refractivity contribution in [2.75, 3.05) is 33.4 Å². The molecule has 45 heavy (non-hydrogen) atoms. The highest BCUT2D eigenvalue weighted by atomic mass is 16.5. The van der Waals surface area contributed by atoms with Crippen LogP contribution in [-0.2, 0) is 20.8 Å². The van der Waals surface area contributed by atoms with Crippen LogP contribution in [0.1, 0.15) is 54.1 Å². The maximum atomic E-state index is 13.4. The Morgan fingerprint density at radius 3 is 2.47 bits per heavy atom. The summed E-state index contributed by atoms with van der Waals surface area (Å²) in [6.45, 7) is 4.96. The van der Waals surface area contributed by atoms with E-state index in [4.69, 9.17) is 9.47 Å². The molecule has 0 aromatic heterocycles. The van der Waals surface area contributed by atoms with Crippen molar-refractivity contribution in [2.24, 2.45) is 0 Å². The lowest BCUT2D eigenvalue weighted by molar-refractivity contribution is -0.135. The van der Waals surface area contributed by atoms with Gasteiger partial charge in [0, 0.05) is 19.9 Å². The van der Waals surface area contributed by atoms with Gasteiger partial charge in [-0.3, -0.25) is 19.2 Å². The molecule has 4 rings (SSSR count). The molecule has 238 valence electrons. The third-order valence-electron chi connectivity index (χ3n) is 7.59. The van der Waals surface area contributed by atoms with E-state index >= 15 is 0 Å². The second kappa shape index (κ2) is 16.3. The van der Waals surface area contributed by atoms with Gasteiger partial charge in [-0.15, -0.1) is 0 Å². The van der Waals surface area contributed by atoms with E-state index in [-0.39, 0.29) is 56.5 Å². The first-order valence-electron chi connectivity index (χ1n) is 15.3. The van der Waals surface area contributed by atoms with E-state index in [0.29, 0.717) is 12.2 Å². The fraction of sp³-hybridized carbons (Fsp3) is 0.371. The van der Waals surface area contributed by atoms with Crippen LogP contribution in [-0.4, -0.2) is 74.0 Å². The molecule has 3 aromatic rings. The number of likely N-dealkylation sites (N-methyl/N-ethyl adjacent to an activating group) is 1. The van der Waals surface area contributed by atoms with Gasteiger partial charge in [0.05, 0.1) is 18.7 Å². The Morgan fingerprint density at radius 2 is 1.69 bits per heavy atom. The Kier molecular flexibility index (Phi) is 12.0. The van der Waals surface area contributed by atoms with Crippen molar-refractivity contribution in [1.29, 1.82) is 0 Å². The summed E-state index contributed by atoms with van der Waals surface area (Å²) in [5, 5.41) is 8.46. The molecule has 0 radical (unpaired) electrons. The van der Waals surface area contributed by atoms with Gasteiger partial charge in [-0.25, -0.2) is 0 Å². The molecular weight excluding hydrogens is 572 g/mol. The van der Waals surface area contributed by atoms with Crippen LogP contribution in [0.25, 0.3) is 0 Å². The summed E-state index contributed by atoms with van der Waals surface area (Å²) >= 11 is 0. The van der Waals surface area contributed by atoms with Gasteiger partial charge >= 0.3 is 0 Å². The number of nitrogens with one attached hydrogen (secondary N) is 3. The predicted molar refractivity (Wildman–Crippen MR) is 171 cm³/mol. The van der Waals surface area contributed by atoms with E-state index in [1.165, 1.54) is 4.90 Å². The average molecular weight is 615 g/mol. The lowest BCUT2D eigenvalue weighted by Crippen LogP contribution is -2.50. The van der Waals surface area contributed by atoms with Crippen LogP contribution in [0.5, 0.6) is 11.5 Å². The minimum atomic E-state index is -1.02. The van der Waals surface area contributed by atoms with E-state index < -0.39 is 29.8 Å². The summed E-state index contributed by atoms with van der Waals surface area (Å²) in [4.78, 5) is 54.8. The monoisotopic (exact) mass is 614 g/mol. The van der Waals surface area contributed by atoms with Crippen molar-refractivity contribution in [3.8, 4) is 11.5 Å². The average Bonchev–Trinajstić information content (AvgIpc) is 3.04. The molecule has 3 aromatic carbocycles. The van der Waals surface area contributed by atoms with Crippen LogP contribution in [0.3, 0.4) is 0 Å². The number of amides is 4. The number of fused-ring (bicyclic) bond motifs is 1. The summed E-state index contributed by atoms with van der Waals surface area (Å²) in [5.41, 5.74) is 2.22. The van der Waals surface area contributed by atoms with Gasteiger partial charge in [-0.05, 0) is 41.7 Å². The van der Waals surface area contributed by atoms with Crippen LogP contribution in [0.2, 0.25) is 0 Å². The molecule has 0 saturated carbocycles. The summed E-state index contributed by atoms with van der Waals surface area (Å²) in [5.74, 6) is -0.252. The molecule has 1 aliphatic heterocycles. The molecule has 10 nitrogen and oxygen atoms in total. The number of hydrogen-bond donors (Lipinski definition) is 3. The molecule has 1 heterocycles. The van der Waals surface area contributed by atoms with Crippen molar-refractivity contribution < 1.29 is 28.7 Å². The first-order chi connectivity index (χ1) is 21.7. The van der Waals surface area contributed by atoms with Gasteiger partial charge in [0.25, 0.3) is 5.91 Å². The minimum absolute atomic E-state index is 0.0194. The van der Waals surface area contributed by atoms with Crippen LogP contribution in [0.4, 0.5) is 0 Å². The lowest BCUT2D eigenvalue weighted by Gasteiger charge is -2.25. The fourth-order valence-electron chi connectivity index (χ4n) is 5.09. The number of ether oxygens (including phenoxy) is 2. The molecule has 0 unspecified atom stereocenters. The summed E-state index contributed by atoms with van der Waals surface area (Å²) in [6.07, 6.45) is 0.239. The molecular formula is C35H42N4O6. The maximum Gasteiger partial charge on any atom is 0.255 e. The molecule has 0 fully saturated rings. The second-order valence-electron chi connectivity index (χ2n) is 11.3. The van der Waals surface area contributed by atoms with E-state index in [1.807, 2.05) is 54.6 Å². The van der Waals surface area contributed by atoms with E-state index in [2.05, 4.69) is 29.8 Å². The first kappa shape index (κ1) is 33.0. The van der Waals surface area contributed by atoms with E-state index in [0.717, 1.165) is 16.9 Å². The number of carbonyl (C=O) groups is 4. The highest BCUT2D eigenvalue weighted by molar-refractivity contribution is 5.99. The normalized spacial score (nSPS) is 18.0. The Labute approximate surface area is 264 Å². The number of para-hydroxylation sites is 2. The second-order valence-corrected chi connectivity index (χ2v) is 11.3. The molecule has 0 saturated heterocycles. The van der Waals surface area contributed by atoms with Crippen LogP contribution in [0.15, 0.2) is 78.9 Å². The van der Waals surface area contributed by atoms with Crippen LogP contribution < -0.4 is 25.4 Å². The third kappa shape index (κ3) is 9.56. The first-order valence-corrected chi connectivity index (χ1v) is 15.3. The van der Waals surface area contributed by atoms with Gasteiger partial charge in [-0.1, -0.05) is 74.5 Å². The lowest BCUT2D eigenvalue weighted by atomic mass is 10.0. The molecule has 4 amide bonds. The minimum Gasteiger partial charge on any atom is -0.491 e. The maximum absolute atomic E-state index is 13.4. The summed E-state index contributed by atoms with van der Waals surface area (Å²) in [7, 11) is 1.65. The van der Waals surface area contributed by atoms with Crippen LogP contribution in [0, 0.1) is 0 Å². The number of carbonyl (C=O) groups excluding carboxylic acids is 4. The van der Waals surface area contributed by atoms with Crippen molar-refractivity contribution in [1.82, 2.24) is 20.9 Å². The highest BCUT2D eigenvalue weighted by Crippen LogP contribution is 2.25. The summed E-state index contributed by atoms with van der Waals surface area (Å²) in [6, 6.07) is 22.1. The zero-order valence-corrected chi connectivity index (χ0v) is 26.1. The van der Waals surface area contributed by atoms with Gasteiger partial charge < -0.3 is 30.3 Å². The molecule has 0 spiro atoms. The number of hydrogen-bond acceptors (Lipinski definition) is 6. The Hall–Kier alpha value is -4.86. The van der Waals surface area contributed by atoms with Crippen molar-refractivity contribution >= 4 is 23.6 Å². The molecule has 0 bridgehead atoms. The van der Waals surface area contributed by atoms with E-state index in [9.17, 15) is 19.2 Å². The van der Waals surface area contributed by atoms with Gasteiger partial charge in [-0.2, -0.15) is 0 Å². The van der Waals surface area contributed by atoms with Crippen molar-refractivity contribution in [3.63, 3.8) is 0 Å². The van der Waals surface area contributed by atoms with E-state index in [1.54, 1.807) is 31.3 Å².